The van der Waals surface area contributed by atoms with Crippen molar-refractivity contribution < 1.29 is 14.3 Å². The molecule has 4 heteroatoms. The van der Waals surface area contributed by atoms with Crippen molar-refractivity contribution in [3.63, 3.8) is 0 Å². The molecule has 2 rings (SSSR count). The van der Waals surface area contributed by atoms with Crippen LogP contribution < -0.4 is 4.74 Å². The SMILES string of the molecule is COC(=O)C(COc1ccc(C)cc1)c1ccccn1. The molecule has 0 N–H and O–H groups in total. The molecule has 1 aromatic heterocycles. The van der Waals surface area contributed by atoms with Gasteiger partial charge in [-0.05, 0) is 31.2 Å². The van der Waals surface area contributed by atoms with Gasteiger partial charge < -0.3 is 9.47 Å². The van der Waals surface area contributed by atoms with Crippen LogP contribution in [0, 0.1) is 6.92 Å². The number of aryl methyl sites for hydroxylation is 1. The van der Waals surface area contributed by atoms with Gasteiger partial charge >= 0.3 is 5.97 Å². The van der Waals surface area contributed by atoms with Gasteiger partial charge in [0.15, 0.2) is 0 Å². The molecule has 0 bridgehead atoms. The van der Waals surface area contributed by atoms with E-state index in [1.807, 2.05) is 37.3 Å². The summed E-state index contributed by atoms with van der Waals surface area (Å²) < 4.78 is 10.5. The zero-order valence-electron chi connectivity index (χ0n) is 11.6. The second kappa shape index (κ2) is 6.70. The van der Waals surface area contributed by atoms with Crippen molar-refractivity contribution in [3.8, 4) is 5.75 Å². The number of hydrogen-bond donors (Lipinski definition) is 0. The number of pyridine rings is 1. The van der Waals surface area contributed by atoms with Crippen molar-refractivity contribution in [2.45, 2.75) is 12.8 Å². The van der Waals surface area contributed by atoms with E-state index in [0.717, 1.165) is 11.3 Å². The van der Waals surface area contributed by atoms with Gasteiger partial charge in [-0.1, -0.05) is 23.8 Å². The van der Waals surface area contributed by atoms with Gasteiger partial charge in [0.1, 0.15) is 18.3 Å². The smallest absolute Gasteiger partial charge is 0.318 e. The molecule has 2 aromatic rings. The average Bonchev–Trinajstić information content (AvgIpc) is 2.50. The Morgan fingerprint density at radius 1 is 1.20 bits per heavy atom. The van der Waals surface area contributed by atoms with Gasteiger partial charge in [-0.3, -0.25) is 9.78 Å². The van der Waals surface area contributed by atoms with Gasteiger partial charge in [0.05, 0.1) is 12.8 Å². The highest BCUT2D eigenvalue weighted by molar-refractivity contribution is 5.77. The molecule has 1 aromatic carbocycles. The number of hydrogen-bond acceptors (Lipinski definition) is 4. The molecule has 1 unspecified atom stereocenters. The topological polar surface area (TPSA) is 48.4 Å². The molecule has 4 nitrogen and oxygen atoms in total. The van der Waals surface area contributed by atoms with Crippen LogP contribution in [-0.2, 0) is 9.53 Å². The molecule has 0 aliphatic rings. The van der Waals surface area contributed by atoms with Crippen molar-refractivity contribution in [3.05, 3.63) is 59.9 Å². The normalized spacial score (nSPS) is 11.7. The number of rotatable bonds is 5. The van der Waals surface area contributed by atoms with Crippen LogP contribution >= 0.6 is 0 Å². The molecule has 1 heterocycles. The van der Waals surface area contributed by atoms with Gasteiger partial charge in [-0.25, -0.2) is 0 Å². The zero-order chi connectivity index (χ0) is 14.4. The van der Waals surface area contributed by atoms with E-state index in [-0.39, 0.29) is 12.6 Å². The number of aromatic nitrogens is 1. The molecule has 0 amide bonds. The number of benzene rings is 1. The lowest BCUT2D eigenvalue weighted by Crippen LogP contribution is -2.22. The summed E-state index contributed by atoms with van der Waals surface area (Å²) in [6.45, 7) is 2.21. The van der Waals surface area contributed by atoms with E-state index in [9.17, 15) is 4.79 Å². The van der Waals surface area contributed by atoms with Crippen LogP contribution in [0.3, 0.4) is 0 Å². The Morgan fingerprint density at radius 2 is 1.95 bits per heavy atom. The van der Waals surface area contributed by atoms with Crippen molar-refractivity contribution >= 4 is 5.97 Å². The summed E-state index contributed by atoms with van der Waals surface area (Å²) in [5.74, 6) is -0.154. The van der Waals surface area contributed by atoms with Gasteiger partial charge in [0, 0.05) is 6.20 Å². The minimum absolute atomic E-state index is 0.201. The summed E-state index contributed by atoms with van der Waals surface area (Å²) in [5.41, 5.74) is 1.80. The molecule has 104 valence electrons. The second-order valence-electron chi connectivity index (χ2n) is 4.45. The quantitative estimate of drug-likeness (QED) is 0.784. The Morgan fingerprint density at radius 3 is 2.55 bits per heavy atom. The first-order valence-electron chi connectivity index (χ1n) is 6.39. The first kappa shape index (κ1) is 14.1. The predicted molar refractivity (Wildman–Crippen MR) is 75.7 cm³/mol. The van der Waals surface area contributed by atoms with E-state index >= 15 is 0 Å². The Kier molecular flexibility index (Phi) is 4.71. The van der Waals surface area contributed by atoms with Crippen LogP contribution in [0.4, 0.5) is 0 Å². The summed E-state index contributed by atoms with van der Waals surface area (Å²) in [4.78, 5) is 16.0. The lowest BCUT2D eigenvalue weighted by Gasteiger charge is -2.15. The molecular formula is C16H17NO3. The average molecular weight is 271 g/mol. The van der Waals surface area contributed by atoms with Crippen LogP contribution in [0.25, 0.3) is 0 Å². The Bertz CT molecular complexity index is 552. The van der Waals surface area contributed by atoms with Crippen molar-refractivity contribution in [1.29, 1.82) is 0 Å². The van der Waals surface area contributed by atoms with E-state index in [2.05, 4.69) is 4.98 Å². The van der Waals surface area contributed by atoms with Gasteiger partial charge in [0.25, 0.3) is 0 Å². The predicted octanol–water partition coefficient (Wildman–Crippen LogP) is 2.73. The number of carbonyl (C=O) groups is 1. The fourth-order valence-electron chi connectivity index (χ4n) is 1.81. The molecule has 1 atom stereocenters. The van der Waals surface area contributed by atoms with E-state index in [1.54, 1.807) is 18.3 Å². The summed E-state index contributed by atoms with van der Waals surface area (Å²) in [5, 5.41) is 0. The largest absolute Gasteiger partial charge is 0.492 e. The van der Waals surface area contributed by atoms with Crippen LogP contribution in [0.1, 0.15) is 17.2 Å². The molecule has 0 fully saturated rings. The van der Waals surface area contributed by atoms with Gasteiger partial charge in [0.2, 0.25) is 0 Å². The highest BCUT2D eigenvalue weighted by atomic mass is 16.5. The third-order valence-corrected chi connectivity index (χ3v) is 2.97. The minimum Gasteiger partial charge on any atom is -0.492 e. The third-order valence-electron chi connectivity index (χ3n) is 2.97. The molecule has 0 spiro atoms. The summed E-state index contributed by atoms with van der Waals surface area (Å²) in [7, 11) is 1.37. The van der Waals surface area contributed by atoms with E-state index in [0.29, 0.717) is 5.69 Å². The number of carbonyl (C=O) groups excluding carboxylic acids is 1. The van der Waals surface area contributed by atoms with Gasteiger partial charge in [-0.15, -0.1) is 0 Å². The van der Waals surface area contributed by atoms with Crippen LogP contribution in [0.15, 0.2) is 48.7 Å². The highest BCUT2D eigenvalue weighted by Gasteiger charge is 2.23. The maximum atomic E-state index is 11.8. The van der Waals surface area contributed by atoms with Crippen molar-refractivity contribution in [2.75, 3.05) is 13.7 Å². The van der Waals surface area contributed by atoms with E-state index in [4.69, 9.17) is 9.47 Å². The zero-order valence-corrected chi connectivity index (χ0v) is 11.6. The number of nitrogens with zero attached hydrogens (tertiary/aromatic N) is 1. The van der Waals surface area contributed by atoms with Crippen LogP contribution in [0.2, 0.25) is 0 Å². The first-order valence-corrected chi connectivity index (χ1v) is 6.39. The lowest BCUT2D eigenvalue weighted by atomic mass is 10.1. The number of methoxy groups -OCH3 is 1. The summed E-state index contributed by atoms with van der Waals surface area (Å²) >= 11 is 0. The molecule has 0 aliphatic heterocycles. The highest BCUT2D eigenvalue weighted by Crippen LogP contribution is 2.18. The van der Waals surface area contributed by atoms with Gasteiger partial charge in [-0.2, -0.15) is 0 Å². The summed E-state index contributed by atoms with van der Waals surface area (Å²) in [6, 6.07) is 13.1. The van der Waals surface area contributed by atoms with Crippen molar-refractivity contribution in [1.82, 2.24) is 4.98 Å². The Balaban J connectivity index is 2.09. The van der Waals surface area contributed by atoms with Crippen molar-refractivity contribution in [2.24, 2.45) is 0 Å². The monoisotopic (exact) mass is 271 g/mol. The first-order chi connectivity index (χ1) is 9.70. The Hall–Kier alpha value is -2.36. The number of ether oxygens (including phenoxy) is 2. The second-order valence-corrected chi connectivity index (χ2v) is 4.45. The molecule has 0 aliphatic carbocycles. The fourth-order valence-corrected chi connectivity index (χ4v) is 1.81. The molecule has 0 saturated heterocycles. The standard InChI is InChI=1S/C16H17NO3/c1-12-6-8-13(9-7-12)20-11-14(16(18)19-2)15-5-3-4-10-17-15/h3-10,14H,11H2,1-2H3. The molecular weight excluding hydrogens is 254 g/mol. The minimum atomic E-state index is -0.525. The van der Waals surface area contributed by atoms with Crippen LogP contribution in [-0.4, -0.2) is 24.7 Å². The third kappa shape index (κ3) is 3.57. The molecule has 0 radical (unpaired) electrons. The molecule has 20 heavy (non-hydrogen) atoms. The van der Waals surface area contributed by atoms with Crippen LogP contribution in [0.5, 0.6) is 5.75 Å². The fraction of sp³-hybridized carbons (Fsp3) is 0.250. The number of esters is 1. The Labute approximate surface area is 118 Å². The van der Waals surface area contributed by atoms with E-state index in [1.165, 1.54) is 7.11 Å². The van der Waals surface area contributed by atoms with E-state index < -0.39 is 5.92 Å². The summed E-state index contributed by atoms with van der Waals surface area (Å²) in [6.07, 6.45) is 1.65. The lowest BCUT2D eigenvalue weighted by molar-refractivity contribution is -0.143. The maximum absolute atomic E-state index is 11.8. The maximum Gasteiger partial charge on any atom is 0.318 e. The molecule has 0 saturated carbocycles.